The third-order valence-electron chi connectivity index (χ3n) is 3.10. The predicted molar refractivity (Wildman–Crippen MR) is 85.8 cm³/mol. The zero-order valence-corrected chi connectivity index (χ0v) is 13.7. The van der Waals surface area contributed by atoms with Crippen LogP contribution in [0.15, 0.2) is 53.4 Å². The van der Waals surface area contributed by atoms with Gasteiger partial charge in [-0.05, 0) is 42.0 Å². The van der Waals surface area contributed by atoms with Gasteiger partial charge >= 0.3 is 0 Å². The summed E-state index contributed by atoms with van der Waals surface area (Å²) in [4.78, 5) is 0.235. The summed E-state index contributed by atoms with van der Waals surface area (Å²) in [7, 11) is -2.11. The number of nitrogens with zero attached hydrogens (tertiary/aromatic N) is 2. The van der Waals surface area contributed by atoms with Gasteiger partial charge in [-0.1, -0.05) is 28.1 Å². The minimum absolute atomic E-state index is 0.235. The first-order valence-electron chi connectivity index (χ1n) is 6.13. The maximum absolute atomic E-state index is 12.5. The molecule has 0 bridgehead atoms. The second-order valence-corrected chi connectivity index (χ2v) is 6.94. The molecule has 2 rings (SSSR count). The Balaban J connectivity index is 2.34. The molecule has 0 unspecified atom stereocenters. The van der Waals surface area contributed by atoms with E-state index in [1.165, 1.54) is 11.4 Å². The number of halogens is 1. The number of anilines is 1. The van der Waals surface area contributed by atoms with Gasteiger partial charge in [-0.15, -0.1) is 0 Å². The summed E-state index contributed by atoms with van der Waals surface area (Å²) >= 11 is 3.33. The van der Waals surface area contributed by atoms with Crippen molar-refractivity contribution in [3.05, 3.63) is 59.7 Å². The average Bonchev–Trinajstić information content (AvgIpc) is 2.54. The molecule has 6 heteroatoms. The van der Waals surface area contributed by atoms with Crippen molar-refractivity contribution in [3.63, 3.8) is 0 Å². The molecule has 0 atom stereocenters. The molecule has 0 spiro atoms. The van der Waals surface area contributed by atoms with E-state index in [2.05, 4.69) is 15.9 Å². The van der Waals surface area contributed by atoms with E-state index < -0.39 is 10.0 Å². The van der Waals surface area contributed by atoms with E-state index in [-0.39, 0.29) is 4.90 Å². The topological polar surface area (TPSA) is 61.2 Å². The van der Waals surface area contributed by atoms with Crippen LogP contribution in [0.5, 0.6) is 0 Å². The minimum atomic E-state index is -3.60. The van der Waals surface area contributed by atoms with Crippen LogP contribution >= 0.6 is 15.9 Å². The first-order valence-corrected chi connectivity index (χ1v) is 8.69. The van der Waals surface area contributed by atoms with Crippen molar-refractivity contribution >= 4 is 31.6 Å². The highest BCUT2D eigenvalue weighted by molar-refractivity contribution is 9.08. The summed E-state index contributed by atoms with van der Waals surface area (Å²) < 4.78 is 26.3. The van der Waals surface area contributed by atoms with Crippen molar-refractivity contribution in [2.45, 2.75) is 10.2 Å². The maximum atomic E-state index is 12.5. The molecule has 0 aliphatic carbocycles. The molecule has 0 aliphatic heterocycles. The Labute approximate surface area is 132 Å². The van der Waals surface area contributed by atoms with Crippen molar-refractivity contribution < 1.29 is 8.42 Å². The lowest BCUT2D eigenvalue weighted by molar-refractivity contribution is 0.594. The Morgan fingerprint density at radius 3 is 2.14 bits per heavy atom. The van der Waals surface area contributed by atoms with Gasteiger partial charge in [-0.3, -0.25) is 4.31 Å². The number of hydrogen-bond donors (Lipinski definition) is 0. The molecule has 4 nitrogen and oxygen atoms in total. The summed E-state index contributed by atoms with van der Waals surface area (Å²) in [5.74, 6) is 0. The van der Waals surface area contributed by atoms with Gasteiger partial charge in [0.15, 0.2) is 0 Å². The Bertz CT molecular complexity index is 763. The monoisotopic (exact) mass is 364 g/mol. The fourth-order valence-corrected chi connectivity index (χ4v) is 3.36. The second kappa shape index (κ2) is 6.29. The molecule has 0 radical (unpaired) electrons. The van der Waals surface area contributed by atoms with Crippen molar-refractivity contribution in [2.75, 3.05) is 11.4 Å². The quantitative estimate of drug-likeness (QED) is 0.782. The van der Waals surface area contributed by atoms with Gasteiger partial charge < -0.3 is 0 Å². The highest BCUT2D eigenvalue weighted by Gasteiger charge is 2.21. The lowest BCUT2D eigenvalue weighted by Gasteiger charge is -2.19. The molecule has 0 N–H and O–H groups in total. The zero-order chi connectivity index (χ0) is 15.5. The van der Waals surface area contributed by atoms with Crippen molar-refractivity contribution in [1.82, 2.24) is 0 Å². The SMILES string of the molecule is CN(c1ccc(C#N)cc1)S(=O)(=O)c1ccc(CBr)cc1. The van der Waals surface area contributed by atoms with Crippen LogP contribution in [0, 0.1) is 11.3 Å². The number of nitriles is 1. The third kappa shape index (κ3) is 3.26. The Kier molecular flexibility index (Phi) is 4.66. The standard InChI is InChI=1S/C15H13BrN2O2S/c1-18(14-6-2-13(11-17)3-7-14)21(19,20)15-8-4-12(10-16)5-9-15/h2-9H,10H2,1H3. The van der Waals surface area contributed by atoms with Crippen LogP contribution in [0.2, 0.25) is 0 Å². The Hall–Kier alpha value is -1.84. The van der Waals surface area contributed by atoms with E-state index in [1.807, 2.05) is 6.07 Å². The lowest BCUT2D eigenvalue weighted by Crippen LogP contribution is -2.26. The van der Waals surface area contributed by atoms with Crippen LogP contribution in [0.25, 0.3) is 0 Å². The predicted octanol–water partition coefficient (Wildman–Crippen LogP) is 3.28. The van der Waals surface area contributed by atoms with Gasteiger partial charge in [0.1, 0.15) is 0 Å². The van der Waals surface area contributed by atoms with Crippen molar-refractivity contribution in [2.24, 2.45) is 0 Å². The largest absolute Gasteiger partial charge is 0.269 e. The third-order valence-corrected chi connectivity index (χ3v) is 5.54. The minimum Gasteiger partial charge on any atom is -0.269 e. The van der Waals surface area contributed by atoms with Crippen LogP contribution < -0.4 is 4.31 Å². The Morgan fingerprint density at radius 1 is 1.10 bits per heavy atom. The Morgan fingerprint density at radius 2 is 1.67 bits per heavy atom. The second-order valence-electron chi connectivity index (χ2n) is 4.41. The molecule has 0 saturated carbocycles. The number of benzene rings is 2. The zero-order valence-electron chi connectivity index (χ0n) is 11.3. The fraction of sp³-hybridized carbons (Fsp3) is 0.133. The molecule has 2 aromatic carbocycles. The van der Waals surface area contributed by atoms with E-state index >= 15 is 0 Å². The van der Waals surface area contributed by atoms with Gasteiger partial charge in [0.25, 0.3) is 10.0 Å². The van der Waals surface area contributed by atoms with Crippen LogP contribution in [0.3, 0.4) is 0 Å². The average molecular weight is 365 g/mol. The van der Waals surface area contributed by atoms with Gasteiger partial charge in [0.2, 0.25) is 0 Å². The molecular formula is C15H13BrN2O2S. The fourth-order valence-electron chi connectivity index (χ4n) is 1.79. The molecule has 2 aromatic rings. The number of rotatable bonds is 4. The number of alkyl halides is 1. The first kappa shape index (κ1) is 15.5. The summed E-state index contributed by atoms with van der Waals surface area (Å²) in [5, 5.41) is 9.45. The van der Waals surface area contributed by atoms with Gasteiger partial charge in [0.05, 0.1) is 22.2 Å². The van der Waals surface area contributed by atoms with E-state index in [9.17, 15) is 8.42 Å². The molecule has 0 amide bonds. The lowest BCUT2D eigenvalue weighted by atomic mass is 10.2. The van der Waals surface area contributed by atoms with Crippen LogP contribution in [-0.2, 0) is 15.4 Å². The molecule has 0 fully saturated rings. The van der Waals surface area contributed by atoms with Crippen LogP contribution in [-0.4, -0.2) is 15.5 Å². The summed E-state index contributed by atoms with van der Waals surface area (Å²) in [5.41, 5.74) is 2.01. The first-order chi connectivity index (χ1) is 9.98. The van der Waals surface area contributed by atoms with E-state index in [1.54, 1.807) is 48.5 Å². The van der Waals surface area contributed by atoms with Crippen LogP contribution in [0.4, 0.5) is 5.69 Å². The number of sulfonamides is 1. The summed E-state index contributed by atoms with van der Waals surface area (Å²) in [6, 6.07) is 15.1. The van der Waals surface area contributed by atoms with E-state index in [0.29, 0.717) is 16.6 Å². The molecule has 0 heterocycles. The molecular weight excluding hydrogens is 352 g/mol. The normalized spacial score (nSPS) is 10.9. The van der Waals surface area contributed by atoms with E-state index in [0.717, 1.165) is 5.56 Å². The molecule has 21 heavy (non-hydrogen) atoms. The summed E-state index contributed by atoms with van der Waals surface area (Å²) in [6.45, 7) is 0. The van der Waals surface area contributed by atoms with Gasteiger partial charge in [-0.2, -0.15) is 5.26 Å². The molecule has 0 saturated heterocycles. The maximum Gasteiger partial charge on any atom is 0.264 e. The highest BCUT2D eigenvalue weighted by Crippen LogP contribution is 2.22. The van der Waals surface area contributed by atoms with Gasteiger partial charge in [-0.25, -0.2) is 8.42 Å². The number of hydrogen-bond acceptors (Lipinski definition) is 3. The molecule has 108 valence electrons. The summed E-state index contributed by atoms with van der Waals surface area (Å²) in [6.07, 6.45) is 0. The van der Waals surface area contributed by atoms with Gasteiger partial charge in [0, 0.05) is 12.4 Å². The highest BCUT2D eigenvalue weighted by atomic mass is 79.9. The molecule has 0 aliphatic rings. The van der Waals surface area contributed by atoms with E-state index in [4.69, 9.17) is 5.26 Å². The van der Waals surface area contributed by atoms with Crippen LogP contribution in [0.1, 0.15) is 11.1 Å². The molecule has 0 aromatic heterocycles. The van der Waals surface area contributed by atoms with Crippen molar-refractivity contribution in [1.29, 1.82) is 5.26 Å². The van der Waals surface area contributed by atoms with Crippen molar-refractivity contribution in [3.8, 4) is 6.07 Å². The smallest absolute Gasteiger partial charge is 0.264 e.